The summed E-state index contributed by atoms with van der Waals surface area (Å²) >= 11 is 0. The van der Waals surface area contributed by atoms with Gasteiger partial charge < -0.3 is 11.1 Å². The van der Waals surface area contributed by atoms with Gasteiger partial charge in [-0.3, -0.25) is 14.2 Å². The second-order valence-electron chi connectivity index (χ2n) is 5.77. The number of aryl methyl sites for hydroxylation is 1. The van der Waals surface area contributed by atoms with Crippen molar-refractivity contribution < 1.29 is 18.0 Å². The van der Waals surface area contributed by atoms with Crippen molar-refractivity contribution >= 4 is 11.6 Å². The molecule has 0 spiro atoms. The lowest BCUT2D eigenvalue weighted by molar-refractivity contribution is -0.137. The van der Waals surface area contributed by atoms with Crippen LogP contribution in [0.1, 0.15) is 29.4 Å². The molecule has 0 saturated carbocycles. The Hall–Kier alpha value is -2.84. The smallest absolute Gasteiger partial charge is 0.375 e. The molecule has 1 aromatic carbocycles. The van der Waals surface area contributed by atoms with Crippen molar-refractivity contribution in [3.05, 3.63) is 57.8 Å². The van der Waals surface area contributed by atoms with E-state index in [1.54, 1.807) is 0 Å². The van der Waals surface area contributed by atoms with Gasteiger partial charge in [0.05, 0.1) is 11.8 Å². The second kappa shape index (κ2) is 6.23. The Balaban J connectivity index is 1.83. The Morgan fingerprint density at radius 1 is 1.40 bits per heavy atom. The number of hydrogen-bond donors (Lipinski definition) is 2. The molecule has 25 heavy (non-hydrogen) atoms. The Morgan fingerprint density at radius 2 is 2.16 bits per heavy atom. The molecular formula is C16H15F3N4O2. The molecule has 132 valence electrons. The molecule has 1 aromatic heterocycles. The molecule has 3 N–H and O–H groups in total. The molecule has 3 rings (SSSR count). The Bertz CT molecular complexity index is 876. The summed E-state index contributed by atoms with van der Waals surface area (Å²) < 4.78 is 39.5. The molecule has 0 aliphatic carbocycles. The minimum Gasteiger partial charge on any atom is -0.375 e. The number of benzene rings is 1. The van der Waals surface area contributed by atoms with Crippen LogP contribution in [0.25, 0.3) is 0 Å². The van der Waals surface area contributed by atoms with Crippen molar-refractivity contribution in [2.75, 3.05) is 5.32 Å². The van der Waals surface area contributed by atoms with E-state index in [9.17, 15) is 22.8 Å². The largest absolute Gasteiger partial charge is 0.416 e. The summed E-state index contributed by atoms with van der Waals surface area (Å²) in [6, 6.07) is 4.07. The molecule has 1 aliphatic heterocycles. The minimum atomic E-state index is -4.43. The van der Waals surface area contributed by atoms with Crippen LogP contribution in [0, 0.1) is 0 Å². The number of anilines is 1. The second-order valence-corrected chi connectivity index (χ2v) is 5.77. The lowest BCUT2D eigenvalue weighted by Crippen LogP contribution is -2.33. The first-order valence-corrected chi connectivity index (χ1v) is 7.57. The Morgan fingerprint density at radius 3 is 2.84 bits per heavy atom. The quantitative estimate of drug-likeness (QED) is 0.879. The number of nitrogens with two attached hydrogens (primary N) is 1. The third-order valence-electron chi connectivity index (χ3n) is 4.09. The van der Waals surface area contributed by atoms with Gasteiger partial charge >= 0.3 is 6.18 Å². The molecule has 1 unspecified atom stereocenters. The average Bonchev–Trinajstić information content (AvgIpc) is 2.99. The summed E-state index contributed by atoms with van der Waals surface area (Å²) in [7, 11) is 0. The molecule has 0 bridgehead atoms. The summed E-state index contributed by atoms with van der Waals surface area (Å²) in [5.41, 5.74) is 4.55. The summed E-state index contributed by atoms with van der Waals surface area (Å²) in [5, 5.41) is 2.78. The zero-order valence-electron chi connectivity index (χ0n) is 13.0. The van der Waals surface area contributed by atoms with Gasteiger partial charge in [0, 0.05) is 13.0 Å². The number of alkyl halides is 3. The van der Waals surface area contributed by atoms with Gasteiger partial charge in [-0.2, -0.15) is 13.2 Å². The summed E-state index contributed by atoms with van der Waals surface area (Å²) in [4.78, 5) is 28.1. The maximum Gasteiger partial charge on any atom is 0.416 e. The third kappa shape index (κ3) is 3.35. The van der Waals surface area contributed by atoms with E-state index in [0.717, 1.165) is 12.1 Å². The number of carbonyl (C=O) groups excluding carboxylic acids is 1. The van der Waals surface area contributed by atoms with E-state index in [2.05, 4.69) is 10.3 Å². The molecule has 0 fully saturated rings. The number of fused-ring (bicyclic) bond motifs is 1. The molecule has 2 heterocycles. The van der Waals surface area contributed by atoms with E-state index in [-0.39, 0.29) is 12.2 Å². The van der Waals surface area contributed by atoms with Crippen LogP contribution in [0.2, 0.25) is 0 Å². The lowest BCUT2D eigenvalue weighted by atomic mass is 10.1. The van der Waals surface area contributed by atoms with Gasteiger partial charge in [0.25, 0.3) is 5.56 Å². The van der Waals surface area contributed by atoms with Crippen molar-refractivity contribution in [3.63, 3.8) is 0 Å². The zero-order chi connectivity index (χ0) is 18.2. The monoisotopic (exact) mass is 352 g/mol. The molecule has 1 aliphatic rings. The summed E-state index contributed by atoms with van der Waals surface area (Å²) in [5.74, 6) is -0.143. The Kier molecular flexibility index (Phi) is 4.23. The van der Waals surface area contributed by atoms with Crippen molar-refractivity contribution in [2.45, 2.75) is 31.6 Å². The van der Waals surface area contributed by atoms with Crippen molar-refractivity contribution in [2.24, 2.45) is 5.73 Å². The van der Waals surface area contributed by atoms with E-state index < -0.39 is 29.2 Å². The number of aromatic nitrogens is 2. The first-order chi connectivity index (χ1) is 11.8. The number of carbonyl (C=O) groups is 1. The number of primary amides is 1. The SMILES string of the molecule is NC(=O)C1CCc2ncc(NCc3cccc(C(F)(F)F)c3)c(=O)n21. The van der Waals surface area contributed by atoms with Crippen molar-refractivity contribution in [1.82, 2.24) is 9.55 Å². The summed E-state index contributed by atoms with van der Waals surface area (Å²) in [6.45, 7) is 0.0153. The van der Waals surface area contributed by atoms with Crippen LogP contribution >= 0.6 is 0 Å². The molecule has 9 heteroatoms. The molecule has 0 radical (unpaired) electrons. The van der Waals surface area contributed by atoms with Crippen LogP contribution in [-0.4, -0.2) is 15.5 Å². The van der Waals surface area contributed by atoms with Crippen molar-refractivity contribution in [3.8, 4) is 0 Å². The fourth-order valence-electron chi connectivity index (χ4n) is 2.85. The number of nitrogens with zero attached hydrogens (tertiary/aromatic N) is 2. The minimum absolute atomic E-state index is 0.0153. The topological polar surface area (TPSA) is 90.0 Å². The highest BCUT2D eigenvalue weighted by atomic mass is 19.4. The number of nitrogens with one attached hydrogen (secondary N) is 1. The molecular weight excluding hydrogens is 337 g/mol. The number of amides is 1. The average molecular weight is 352 g/mol. The van der Waals surface area contributed by atoms with Crippen LogP contribution in [0.15, 0.2) is 35.3 Å². The number of halogens is 3. The van der Waals surface area contributed by atoms with E-state index >= 15 is 0 Å². The van der Waals surface area contributed by atoms with Crippen LogP contribution in [0.4, 0.5) is 18.9 Å². The van der Waals surface area contributed by atoms with Gasteiger partial charge in [0.2, 0.25) is 5.91 Å². The molecule has 6 nitrogen and oxygen atoms in total. The highest BCUT2D eigenvalue weighted by Gasteiger charge is 2.31. The third-order valence-corrected chi connectivity index (χ3v) is 4.09. The molecule has 1 amide bonds. The standard InChI is InChI=1S/C16H15F3N4O2/c17-16(18,19)10-3-1-2-9(6-10)7-21-11-8-22-13-5-4-12(14(20)24)23(13)15(11)25/h1-3,6,8,12,21H,4-5,7H2,(H2,20,24). The predicted octanol–water partition coefficient (Wildman–Crippen LogP) is 1.85. The predicted molar refractivity (Wildman–Crippen MR) is 83.8 cm³/mol. The van der Waals surface area contributed by atoms with Gasteiger partial charge in [-0.1, -0.05) is 12.1 Å². The van der Waals surface area contributed by atoms with Crippen LogP contribution in [-0.2, 0) is 23.9 Å². The van der Waals surface area contributed by atoms with Crippen LogP contribution < -0.4 is 16.6 Å². The molecule has 0 saturated heterocycles. The van der Waals surface area contributed by atoms with E-state index in [1.807, 2.05) is 0 Å². The Labute approximate surface area is 140 Å². The first-order valence-electron chi connectivity index (χ1n) is 7.57. The van der Waals surface area contributed by atoms with E-state index in [1.165, 1.54) is 22.9 Å². The van der Waals surface area contributed by atoms with E-state index in [4.69, 9.17) is 5.73 Å². The summed E-state index contributed by atoms with van der Waals surface area (Å²) in [6.07, 6.45) is -2.23. The van der Waals surface area contributed by atoms with E-state index in [0.29, 0.717) is 24.2 Å². The van der Waals surface area contributed by atoms with Gasteiger partial charge in [-0.05, 0) is 24.1 Å². The van der Waals surface area contributed by atoms with Crippen LogP contribution in [0.3, 0.4) is 0 Å². The normalized spacial score (nSPS) is 16.5. The maximum atomic E-state index is 12.7. The van der Waals surface area contributed by atoms with Gasteiger partial charge in [-0.15, -0.1) is 0 Å². The van der Waals surface area contributed by atoms with Crippen LogP contribution in [0.5, 0.6) is 0 Å². The van der Waals surface area contributed by atoms with Gasteiger partial charge in [0.15, 0.2) is 0 Å². The number of rotatable bonds is 4. The zero-order valence-corrected chi connectivity index (χ0v) is 13.0. The highest BCUT2D eigenvalue weighted by molar-refractivity contribution is 5.79. The fourth-order valence-corrected chi connectivity index (χ4v) is 2.85. The van der Waals surface area contributed by atoms with Gasteiger partial charge in [-0.25, -0.2) is 4.98 Å². The number of hydrogen-bond acceptors (Lipinski definition) is 4. The molecule has 2 aromatic rings. The first kappa shape index (κ1) is 17.0. The maximum absolute atomic E-state index is 12.7. The van der Waals surface area contributed by atoms with Gasteiger partial charge in [0.1, 0.15) is 17.6 Å². The highest BCUT2D eigenvalue weighted by Crippen LogP contribution is 2.29. The fraction of sp³-hybridized carbons (Fsp3) is 0.312. The van der Waals surface area contributed by atoms with Crippen molar-refractivity contribution in [1.29, 1.82) is 0 Å². The molecule has 1 atom stereocenters. The lowest BCUT2D eigenvalue weighted by Gasteiger charge is -2.13.